The summed E-state index contributed by atoms with van der Waals surface area (Å²) in [6.07, 6.45) is 0.717. The third kappa shape index (κ3) is 9.86. The maximum Gasteiger partial charge on any atom is 0.410 e. The number of aromatic nitrogens is 4. The van der Waals surface area contributed by atoms with Crippen LogP contribution in [0.3, 0.4) is 0 Å². The lowest BCUT2D eigenvalue weighted by atomic mass is 9.81. The smallest absolute Gasteiger partial charge is 0.410 e. The van der Waals surface area contributed by atoms with E-state index in [0.717, 1.165) is 28.7 Å². The molecule has 0 spiro atoms. The van der Waals surface area contributed by atoms with Crippen LogP contribution in [0.15, 0.2) is 47.3 Å². The summed E-state index contributed by atoms with van der Waals surface area (Å²) in [5.41, 5.74) is 5.62. The molecule has 7 aromatic rings. The molecular weight excluding hydrogens is 1270 g/mol. The highest BCUT2D eigenvalue weighted by molar-refractivity contribution is 7.23. The number of nitrogens with two attached hydrogens (primary N) is 1. The third-order valence-electron chi connectivity index (χ3n) is 20.0. The summed E-state index contributed by atoms with van der Waals surface area (Å²) in [4.78, 5) is 105. The van der Waals surface area contributed by atoms with E-state index in [1.54, 1.807) is 19.9 Å². The Morgan fingerprint density at radius 3 is 2.59 bits per heavy atom. The topological polar surface area (TPSA) is 278 Å². The highest BCUT2D eigenvalue weighted by Gasteiger charge is 2.53. The molecule has 4 N–H and O–H groups in total. The van der Waals surface area contributed by atoms with Gasteiger partial charge in [-0.3, -0.25) is 24.2 Å². The van der Waals surface area contributed by atoms with Crippen molar-refractivity contribution in [1.82, 2.24) is 39.5 Å². The molecule has 6 atom stereocenters. The molecule has 4 fully saturated rings. The van der Waals surface area contributed by atoms with Gasteiger partial charge in [-0.1, -0.05) is 31.2 Å². The number of aliphatic hydroxyl groups excluding tert-OH is 1. The van der Waals surface area contributed by atoms with Gasteiger partial charge in [0.25, 0.3) is 11.5 Å². The van der Waals surface area contributed by atoms with Crippen LogP contribution in [0.1, 0.15) is 104 Å². The minimum Gasteiger partial charge on any atom is -0.461 e. The number of pyridine rings is 2. The summed E-state index contributed by atoms with van der Waals surface area (Å²) in [6.45, 7) is 8.46. The predicted octanol–water partition coefficient (Wildman–Crippen LogP) is 8.23. The van der Waals surface area contributed by atoms with E-state index in [9.17, 15) is 43.5 Å². The van der Waals surface area contributed by atoms with Crippen molar-refractivity contribution in [2.75, 3.05) is 69.7 Å². The highest BCUT2D eigenvalue weighted by atomic mass is 35.5. The molecule has 4 saturated heterocycles. The van der Waals surface area contributed by atoms with Gasteiger partial charge in [0.1, 0.15) is 72.7 Å². The number of thiophene rings is 1. The number of hydrogen-bond donors (Lipinski definition) is 3. The van der Waals surface area contributed by atoms with Crippen LogP contribution >= 0.6 is 22.9 Å². The summed E-state index contributed by atoms with van der Waals surface area (Å²) in [5, 5.41) is 23.5. The molecule has 0 saturated carbocycles. The number of nitrogens with zero attached hydrogens (tertiary/aromatic N) is 9. The number of hydrogen-bond acceptors (Lipinski definition) is 19. The van der Waals surface area contributed by atoms with Crippen LogP contribution in [0.25, 0.3) is 54.4 Å². The molecular formula is C66H62ClF4N11O11S. The fourth-order valence-electron chi connectivity index (χ4n) is 15.4. The van der Waals surface area contributed by atoms with Gasteiger partial charge < -0.3 is 49.5 Å². The first-order valence-corrected chi connectivity index (χ1v) is 32.3. The largest absolute Gasteiger partial charge is 0.461 e. The number of benzene rings is 3. The molecule has 3 amide bonds. The minimum atomic E-state index is -2.18. The van der Waals surface area contributed by atoms with Crippen molar-refractivity contribution in [1.29, 1.82) is 5.26 Å². The van der Waals surface area contributed by atoms with E-state index >= 15 is 13.2 Å². The molecule has 94 heavy (non-hydrogen) atoms. The number of ether oxygens (including phenoxy) is 4. The van der Waals surface area contributed by atoms with Crippen LogP contribution in [0.2, 0.25) is 5.02 Å². The average Bonchev–Trinajstić information content (AvgIpc) is 1.47. The molecule has 28 heteroatoms. The lowest BCUT2D eigenvalue weighted by Crippen LogP contribution is -2.54. The lowest BCUT2D eigenvalue weighted by molar-refractivity contribution is -0.191. The van der Waals surface area contributed by atoms with Crippen molar-refractivity contribution in [3.8, 4) is 34.6 Å². The van der Waals surface area contributed by atoms with Crippen LogP contribution in [0.5, 0.6) is 6.01 Å². The number of cyclic esters (lactones) is 1. The van der Waals surface area contributed by atoms with Gasteiger partial charge in [0.05, 0.1) is 55.9 Å². The Morgan fingerprint density at radius 2 is 1.82 bits per heavy atom. The van der Waals surface area contributed by atoms with Crippen molar-refractivity contribution in [3.63, 3.8) is 0 Å². The van der Waals surface area contributed by atoms with Gasteiger partial charge in [-0.2, -0.15) is 15.2 Å². The number of halogens is 5. The first-order valence-electron chi connectivity index (χ1n) is 31.1. The van der Waals surface area contributed by atoms with Crippen molar-refractivity contribution in [2.45, 2.75) is 121 Å². The van der Waals surface area contributed by atoms with Gasteiger partial charge in [0.15, 0.2) is 5.82 Å². The molecule has 4 aromatic heterocycles. The molecule has 0 unspecified atom stereocenters. The second-order valence-corrected chi connectivity index (χ2v) is 26.7. The molecule has 7 aliphatic rings. The van der Waals surface area contributed by atoms with Crippen LogP contribution in [-0.4, -0.2) is 152 Å². The number of carbonyl (C=O) groups excluding carboxylic acids is 5. The number of esters is 2. The summed E-state index contributed by atoms with van der Waals surface area (Å²) >= 11 is 7.85. The second-order valence-electron chi connectivity index (χ2n) is 25.2. The summed E-state index contributed by atoms with van der Waals surface area (Å²) < 4.78 is 88.6. The van der Waals surface area contributed by atoms with Crippen LogP contribution < -0.4 is 26.2 Å². The predicted molar refractivity (Wildman–Crippen MR) is 336 cm³/mol. The molecule has 0 radical (unpaired) electrons. The summed E-state index contributed by atoms with van der Waals surface area (Å²) in [6, 6.07) is 6.16. The van der Waals surface area contributed by atoms with Crippen molar-refractivity contribution >= 4 is 95.5 Å². The minimum absolute atomic E-state index is 0.00647. The summed E-state index contributed by atoms with van der Waals surface area (Å²) in [7, 11) is 0. The zero-order valence-corrected chi connectivity index (χ0v) is 52.8. The number of carbonyl (C=O) groups is 5. The van der Waals surface area contributed by atoms with E-state index in [2.05, 4.69) is 21.8 Å². The van der Waals surface area contributed by atoms with Crippen molar-refractivity contribution < 1.29 is 65.6 Å². The number of fused-ring (bicyclic) bond motifs is 8. The number of likely N-dealkylation sites (tertiary alicyclic amines) is 1. The number of aryl methyl sites for hydroxylation is 1. The van der Waals surface area contributed by atoms with Gasteiger partial charge in [-0.05, 0) is 106 Å². The maximum atomic E-state index is 17.6. The monoisotopic (exact) mass is 1330 g/mol. The zero-order valence-electron chi connectivity index (χ0n) is 51.3. The number of aliphatic hydroxyl groups is 1. The molecule has 488 valence electrons. The van der Waals surface area contributed by atoms with E-state index in [1.807, 2.05) is 17.9 Å². The highest BCUT2D eigenvalue weighted by Crippen LogP contribution is 2.50. The standard InChI is InChI=1S/C66H62ClF4N11O11S/c1-5-66(40-19-47-54-38(25-82(47)60(86)39(40)28-90-62(66)88)52-44(74-48(84)26-83)12-10-34-32(4)43(70)20-45(75-54)51(34)52)93-61(87)46-8-6-15-81(46)64(89)91-27-30(2)59(85)78-16-17-80(31(3)23-78)58-36-18-41(67)50(35-9-11-42(69)56-49(35)37(22-72)57(73)94-56)53(71)55(36)76-63(77-58)92-29-65-13-7-14-79(65)24-33(68)21-65/h9,11,18-20,31,33,44,46,83H,2,5-8,10,12-17,21,23-29,73H2,1,3-4H3,(H,74,84)/t31-,33+,44-,46-,65-,66-/m0/s1. The fourth-order valence-corrected chi connectivity index (χ4v) is 16.6. The Balaban J connectivity index is 0.684. The maximum absolute atomic E-state index is 17.6. The number of rotatable bonds is 13. The Labute approximate surface area is 542 Å². The lowest BCUT2D eigenvalue weighted by Gasteiger charge is -2.41. The quantitative estimate of drug-likeness (QED) is 0.0424. The van der Waals surface area contributed by atoms with E-state index < -0.39 is 108 Å². The normalized spacial score (nSPS) is 22.9. The Morgan fingerprint density at radius 1 is 1.01 bits per heavy atom. The third-order valence-corrected chi connectivity index (χ3v) is 21.3. The van der Waals surface area contributed by atoms with E-state index in [0.29, 0.717) is 59.9 Å². The van der Waals surface area contributed by atoms with Crippen LogP contribution in [0.4, 0.5) is 33.2 Å². The van der Waals surface area contributed by atoms with E-state index in [4.69, 9.17) is 46.3 Å². The van der Waals surface area contributed by atoms with Crippen molar-refractivity contribution in [3.05, 3.63) is 114 Å². The number of nitrogens with one attached hydrogen (secondary N) is 1. The van der Waals surface area contributed by atoms with E-state index in [1.165, 1.54) is 27.7 Å². The second kappa shape index (κ2) is 23.5. The molecule has 0 bridgehead atoms. The number of nitrogen functional groups attached to an aromatic ring is 1. The van der Waals surface area contributed by atoms with Gasteiger partial charge in [0, 0.05) is 89.7 Å². The number of nitriles is 1. The van der Waals surface area contributed by atoms with Gasteiger partial charge in [0.2, 0.25) is 11.5 Å². The van der Waals surface area contributed by atoms with Gasteiger partial charge >= 0.3 is 24.0 Å². The molecule has 10 heterocycles. The SMILES string of the molecule is C=C(COC(=O)N1CCC[C@H]1C(=O)O[C@]1(CC)C(=O)OCc2c1cc1n(c2=O)Cc2c-1nc1cc(F)c(C)c3c1c2[C@@H](NC(=O)CO)CC3)C(=O)N1CCN(c2nc(OC[C@@]34CCCN3C[C@H](F)C4)nc3c(F)c(-c4ccc(F)c5sc(N)c(C#N)c45)c(Cl)cc23)[C@@H](C)C1. The number of alkyl halides is 1. The first-order chi connectivity index (χ1) is 45.1. The Hall–Kier alpha value is -8.97. The van der Waals surface area contributed by atoms with Crippen LogP contribution in [0, 0.1) is 35.7 Å². The number of piperazine rings is 1. The molecule has 3 aromatic carbocycles. The van der Waals surface area contributed by atoms with Gasteiger partial charge in [-0.15, -0.1) is 11.3 Å². The fraction of sp³-hybridized carbons (Fsp3) is 0.424. The molecule has 14 rings (SSSR count). The molecule has 22 nitrogen and oxygen atoms in total. The number of anilines is 2. The number of amides is 3. The summed E-state index contributed by atoms with van der Waals surface area (Å²) in [5.74, 6) is -4.99. The van der Waals surface area contributed by atoms with Gasteiger partial charge in [-0.25, -0.2) is 36.9 Å². The molecule has 1 aliphatic carbocycles. The Bertz CT molecular complexity index is 4620. The Kier molecular flexibility index (Phi) is 15.6. The zero-order chi connectivity index (χ0) is 66.1. The van der Waals surface area contributed by atoms with E-state index in [-0.39, 0.29) is 158 Å². The van der Waals surface area contributed by atoms with Crippen LogP contribution in [-0.2, 0) is 58.6 Å². The first kappa shape index (κ1) is 62.5. The van der Waals surface area contributed by atoms with Crippen molar-refractivity contribution in [2.24, 2.45) is 0 Å². The average molecular weight is 1330 g/mol. The molecule has 6 aliphatic heterocycles.